The van der Waals surface area contributed by atoms with Crippen LogP contribution in [-0.4, -0.2) is 0 Å². The first-order valence-corrected chi connectivity index (χ1v) is 6.35. The molecule has 0 saturated heterocycles. The predicted molar refractivity (Wildman–Crippen MR) is 68.4 cm³/mol. The fourth-order valence-corrected chi connectivity index (χ4v) is 2.27. The van der Waals surface area contributed by atoms with E-state index in [0.717, 1.165) is 5.92 Å². The number of hydrogen-bond donors (Lipinski definition) is 0. The highest BCUT2D eigenvalue weighted by atomic mass is 14.1. The lowest BCUT2D eigenvalue weighted by atomic mass is 9.88. The molecular formula is C15H24. The molecule has 1 aromatic carbocycles. The van der Waals surface area contributed by atoms with Crippen LogP contribution in [0.1, 0.15) is 63.0 Å². The highest BCUT2D eigenvalue weighted by Crippen LogP contribution is 2.27. The Kier molecular flexibility index (Phi) is 5.45. The third kappa shape index (κ3) is 3.70. The summed E-state index contributed by atoms with van der Waals surface area (Å²) in [6.07, 6.45) is 6.71. The van der Waals surface area contributed by atoms with Gasteiger partial charge in [-0.3, -0.25) is 0 Å². The van der Waals surface area contributed by atoms with E-state index in [9.17, 15) is 0 Å². The summed E-state index contributed by atoms with van der Waals surface area (Å²) in [6, 6.07) is 8.84. The highest BCUT2D eigenvalue weighted by Gasteiger charge is 2.10. The molecule has 0 aliphatic rings. The van der Waals surface area contributed by atoms with Crippen LogP contribution < -0.4 is 0 Å². The molecule has 0 bridgehead atoms. The van der Waals surface area contributed by atoms with Gasteiger partial charge in [0.05, 0.1) is 0 Å². The zero-order valence-corrected chi connectivity index (χ0v) is 10.4. The van der Waals surface area contributed by atoms with Crippen LogP contribution in [0, 0.1) is 6.92 Å². The summed E-state index contributed by atoms with van der Waals surface area (Å²) in [4.78, 5) is 0. The van der Waals surface area contributed by atoms with Gasteiger partial charge in [0, 0.05) is 0 Å². The molecule has 0 heteroatoms. The van der Waals surface area contributed by atoms with E-state index in [1.165, 1.54) is 37.7 Å². The minimum atomic E-state index is 0.776. The molecule has 1 unspecified atom stereocenters. The van der Waals surface area contributed by atoms with Gasteiger partial charge in [-0.15, -0.1) is 0 Å². The van der Waals surface area contributed by atoms with Crippen molar-refractivity contribution in [2.45, 2.75) is 58.8 Å². The molecule has 15 heavy (non-hydrogen) atoms. The van der Waals surface area contributed by atoms with Crippen molar-refractivity contribution in [2.24, 2.45) is 0 Å². The van der Waals surface area contributed by atoms with Crippen molar-refractivity contribution >= 4 is 0 Å². The largest absolute Gasteiger partial charge is 0.0654 e. The molecule has 0 saturated carbocycles. The number of aryl methyl sites for hydroxylation is 1. The first kappa shape index (κ1) is 12.3. The van der Waals surface area contributed by atoms with Crippen LogP contribution in [0.4, 0.5) is 0 Å². The average Bonchev–Trinajstić information content (AvgIpc) is 2.26. The monoisotopic (exact) mass is 204 g/mol. The second kappa shape index (κ2) is 6.66. The van der Waals surface area contributed by atoms with Crippen LogP contribution in [0.5, 0.6) is 0 Å². The van der Waals surface area contributed by atoms with Crippen LogP contribution in [-0.2, 0) is 0 Å². The smallest absolute Gasteiger partial charge is 0.0162 e. The minimum absolute atomic E-state index is 0.776. The molecule has 0 N–H and O–H groups in total. The van der Waals surface area contributed by atoms with Crippen LogP contribution in [0.2, 0.25) is 0 Å². The van der Waals surface area contributed by atoms with Gasteiger partial charge in [0.1, 0.15) is 0 Å². The molecule has 0 aliphatic carbocycles. The Morgan fingerprint density at radius 2 is 1.80 bits per heavy atom. The van der Waals surface area contributed by atoms with Gasteiger partial charge in [0.2, 0.25) is 0 Å². The Balaban J connectivity index is 2.61. The summed E-state index contributed by atoms with van der Waals surface area (Å²) in [6.45, 7) is 6.82. The zero-order valence-electron chi connectivity index (χ0n) is 10.4. The van der Waals surface area contributed by atoms with Crippen molar-refractivity contribution in [1.82, 2.24) is 0 Å². The molecule has 1 rings (SSSR count). The molecule has 0 aliphatic heterocycles. The molecule has 84 valence electrons. The molecule has 0 aromatic heterocycles. The summed E-state index contributed by atoms with van der Waals surface area (Å²) in [7, 11) is 0. The van der Waals surface area contributed by atoms with Gasteiger partial charge in [0.15, 0.2) is 0 Å². The maximum absolute atomic E-state index is 2.31. The lowest BCUT2D eigenvalue weighted by Crippen LogP contribution is -1.99. The van der Waals surface area contributed by atoms with Crippen molar-refractivity contribution < 1.29 is 0 Å². The summed E-state index contributed by atoms with van der Waals surface area (Å²) in [5.41, 5.74) is 3.02. The topological polar surface area (TPSA) is 0 Å². The second-order valence-corrected chi connectivity index (χ2v) is 4.46. The Morgan fingerprint density at radius 3 is 2.40 bits per heavy atom. The van der Waals surface area contributed by atoms with Crippen molar-refractivity contribution in [1.29, 1.82) is 0 Å². The van der Waals surface area contributed by atoms with Gasteiger partial charge < -0.3 is 0 Å². The summed E-state index contributed by atoms with van der Waals surface area (Å²) in [5, 5.41) is 0. The Hall–Kier alpha value is -0.780. The van der Waals surface area contributed by atoms with Gasteiger partial charge in [-0.2, -0.15) is 0 Å². The quantitative estimate of drug-likeness (QED) is 0.568. The SMILES string of the molecule is CCCCCC(CC)c1ccccc1C. The van der Waals surface area contributed by atoms with E-state index in [1.54, 1.807) is 5.56 Å². The lowest BCUT2D eigenvalue weighted by Gasteiger charge is -2.17. The van der Waals surface area contributed by atoms with E-state index >= 15 is 0 Å². The van der Waals surface area contributed by atoms with E-state index in [0.29, 0.717) is 0 Å². The van der Waals surface area contributed by atoms with Crippen molar-refractivity contribution in [3.8, 4) is 0 Å². The molecule has 0 heterocycles. The molecule has 0 amide bonds. The first-order chi connectivity index (χ1) is 7.29. The highest BCUT2D eigenvalue weighted by molar-refractivity contribution is 5.28. The molecule has 1 atom stereocenters. The van der Waals surface area contributed by atoms with E-state index in [4.69, 9.17) is 0 Å². The van der Waals surface area contributed by atoms with E-state index in [1.807, 2.05) is 0 Å². The standard InChI is InChI=1S/C15H24/c1-4-6-7-11-14(5-2)15-12-9-8-10-13(15)3/h8-10,12,14H,4-7,11H2,1-3H3. The fourth-order valence-electron chi connectivity index (χ4n) is 2.27. The van der Waals surface area contributed by atoms with Gasteiger partial charge in [-0.05, 0) is 36.8 Å². The molecule has 0 radical (unpaired) electrons. The molecule has 0 spiro atoms. The summed E-state index contributed by atoms with van der Waals surface area (Å²) < 4.78 is 0. The Bertz CT molecular complexity index is 275. The zero-order chi connectivity index (χ0) is 11.1. The first-order valence-electron chi connectivity index (χ1n) is 6.35. The van der Waals surface area contributed by atoms with E-state index < -0.39 is 0 Å². The fraction of sp³-hybridized carbons (Fsp3) is 0.600. The van der Waals surface area contributed by atoms with E-state index in [-0.39, 0.29) is 0 Å². The predicted octanol–water partition coefficient (Wildman–Crippen LogP) is 5.07. The third-order valence-corrected chi connectivity index (χ3v) is 3.28. The van der Waals surface area contributed by atoms with Gasteiger partial charge in [0.25, 0.3) is 0 Å². The Morgan fingerprint density at radius 1 is 1.07 bits per heavy atom. The van der Waals surface area contributed by atoms with Crippen LogP contribution in [0.15, 0.2) is 24.3 Å². The average molecular weight is 204 g/mol. The minimum Gasteiger partial charge on any atom is -0.0654 e. The molecule has 1 aromatic rings. The van der Waals surface area contributed by atoms with Crippen molar-refractivity contribution in [2.75, 3.05) is 0 Å². The summed E-state index contributed by atoms with van der Waals surface area (Å²) in [5.74, 6) is 0.776. The van der Waals surface area contributed by atoms with E-state index in [2.05, 4.69) is 45.0 Å². The number of unbranched alkanes of at least 4 members (excludes halogenated alkanes) is 2. The van der Waals surface area contributed by atoms with Crippen molar-refractivity contribution in [3.05, 3.63) is 35.4 Å². The lowest BCUT2D eigenvalue weighted by molar-refractivity contribution is 0.551. The Labute approximate surface area is 94.7 Å². The molecule has 0 fully saturated rings. The number of benzene rings is 1. The number of rotatable bonds is 6. The van der Waals surface area contributed by atoms with Gasteiger partial charge >= 0.3 is 0 Å². The van der Waals surface area contributed by atoms with Crippen molar-refractivity contribution in [3.63, 3.8) is 0 Å². The maximum Gasteiger partial charge on any atom is -0.0162 e. The van der Waals surface area contributed by atoms with Crippen LogP contribution in [0.25, 0.3) is 0 Å². The summed E-state index contributed by atoms with van der Waals surface area (Å²) >= 11 is 0. The van der Waals surface area contributed by atoms with Crippen LogP contribution >= 0.6 is 0 Å². The number of hydrogen-bond acceptors (Lipinski definition) is 0. The van der Waals surface area contributed by atoms with Crippen LogP contribution in [0.3, 0.4) is 0 Å². The third-order valence-electron chi connectivity index (χ3n) is 3.28. The molecular weight excluding hydrogens is 180 g/mol. The molecule has 0 nitrogen and oxygen atoms in total. The maximum atomic E-state index is 2.31. The normalized spacial score (nSPS) is 12.7. The van der Waals surface area contributed by atoms with Gasteiger partial charge in [-0.1, -0.05) is 57.4 Å². The second-order valence-electron chi connectivity index (χ2n) is 4.46. The van der Waals surface area contributed by atoms with Gasteiger partial charge in [-0.25, -0.2) is 0 Å².